The predicted octanol–water partition coefficient (Wildman–Crippen LogP) is 5.31. The van der Waals surface area contributed by atoms with Gasteiger partial charge in [0.2, 0.25) is 0 Å². The van der Waals surface area contributed by atoms with Crippen LogP contribution >= 0.6 is 11.8 Å². The molecular weight excluding hydrogens is 356 g/mol. The van der Waals surface area contributed by atoms with Gasteiger partial charge in [-0.05, 0) is 56.7 Å². The standard InChI is InChI=1S/C22H24N2O2S/c1-4-15(3)23-22(25)19-14-21(24-20-9-7-6-8-18(19)20)27-17-12-10-16(11-13-17)26-5-2/h6-15H,4-5H2,1-3H3,(H,23,25)/t15-/m0/s1. The second-order valence-corrected chi connectivity index (χ2v) is 7.41. The number of hydrogen-bond acceptors (Lipinski definition) is 4. The summed E-state index contributed by atoms with van der Waals surface area (Å²) in [6, 6.07) is 17.7. The van der Waals surface area contributed by atoms with Crippen molar-refractivity contribution < 1.29 is 9.53 Å². The number of carbonyl (C=O) groups excluding carboxylic acids is 1. The quantitative estimate of drug-likeness (QED) is 0.603. The molecule has 0 aliphatic rings. The number of pyridine rings is 1. The Morgan fingerprint density at radius 1 is 1.15 bits per heavy atom. The highest BCUT2D eigenvalue weighted by Gasteiger charge is 2.15. The third kappa shape index (κ3) is 4.80. The molecule has 0 spiro atoms. The number of para-hydroxylation sites is 1. The molecule has 1 amide bonds. The Balaban J connectivity index is 1.92. The molecule has 1 atom stereocenters. The van der Waals surface area contributed by atoms with Gasteiger partial charge in [0.25, 0.3) is 5.91 Å². The van der Waals surface area contributed by atoms with Gasteiger partial charge in [0.05, 0.1) is 17.7 Å². The van der Waals surface area contributed by atoms with E-state index in [9.17, 15) is 4.79 Å². The van der Waals surface area contributed by atoms with Crippen LogP contribution in [-0.4, -0.2) is 23.5 Å². The fourth-order valence-electron chi connectivity index (χ4n) is 2.69. The van der Waals surface area contributed by atoms with E-state index in [1.807, 2.05) is 68.4 Å². The average molecular weight is 381 g/mol. The molecule has 1 heterocycles. The van der Waals surface area contributed by atoms with Crippen LogP contribution in [0.25, 0.3) is 10.9 Å². The third-order valence-corrected chi connectivity index (χ3v) is 5.21. The SMILES string of the molecule is CCOc1ccc(Sc2cc(C(=O)N[C@@H](C)CC)c3ccccc3n2)cc1. The van der Waals surface area contributed by atoms with Crippen molar-refractivity contribution in [1.82, 2.24) is 10.3 Å². The molecule has 0 fully saturated rings. The molecular formula is C22H24N2O2S. The molecule has 0 saturated carbocycles. The minimum atomic E-state index is -0.0588. The van der Waals surface area contributed by atoms with Crippen LogP contribution in [0.3, 0.4) is 0 Å². The molecule has 3 aromatic rings. The summed E-state index contributed by atoms with van der Waals surface area (Å²) < 4.78 is 5.49. The van der Waals surface area contributed by atoms with E-state index < -0.39 is 0 Å². The second-order valence-electron chi connectivity index (χ2n) is 6.31. The molecule has 0 radical (unpaired) electrons. The molecule has 3 rings (SSSR count). The summed E-state index contributed by atoms with van der Waals surface area (Å²) in [7, 11) is 0. The maximum atomic E-state index is 12.8. The minimum Gasteiger partial charge on any atom is -0.494 e. The highest BCUT2D eigenvalue weighted by atomic mass is 32.2. The lowest BCUT2D eigenvalue weighted by Gasteiger charge is -2.14. The van der Waals surface area contributed by atoms with Crippen molar-refractivity contribution in [3.8, 4) is 5.75 Å². The van der Waals surface area contributed by atoms with Gasteiger partial charge in [-0.15, -0.1) is 0 Å². The zero-order valence-corrected chi connectivity index (χ0v) is 16.7. The number of aromatic nitrogens is 1. The molecule has 0 aliphatic carbocycles. The summed E-state index contributed by atoms with van der Waals surface area (Å²) in [6.45, 7) is 6.68. The van der Waals surface area contributed by atoms with Crippen LogP contribution in [0.15, 0.2) is 64.5 Å². The fraction of sp³-hybridized carbons (Fsp3) is 0.273. The van der Waals surface area contributed by atoms with Crippen LogP contribution in [0.2, 0.25) is 0 Å². The van der Waals surface area contributed by atoms with Crippen LogP contribution in [0.5, 0.6) is 5.75 Å². The maximum absolute atomic E-state index is 12.8. The molecule has 2 aromatic carbocycles. The van der Waals surface area contributed by atoms with Crippen LogP contribution in [0, 0.1) is 0 Å². The summed E-state index contributed by atoms with van der Waals surface area (Å²) in [6.07, 6.45) is 0.891. The number of nitrogens with one attached hydrogen (secondary N) is 1. The van der Waals surface area contributed by atoms with Crippen molar-refractivity contribution in [3.05, 3.63) is 60.2 Å². The van der Waals surface area contributed by atoms with Gasteiger partial charge in [0, 0.05) is 16.3 Å². The van der Waals surface area contributed by atoms with Crippen LogP contribution < -0.4 is 10.1 Å². The van der Waals surface area contributed by atoms with E-state index in [1.54, 1.807) is 0 Å². The van der Waals surface area contributed by atoms with E-state index in [0.717, 1.165) is 33.0 Å². The highest BCUT2D eigenvalue weighted by Crippen LogP contribution is 2.31. The van der Waals surface area contributed by atoms with Crippen molar-refractivity contribution >= 4 is 28.6 Å². The molecule has 27 heavy (non-hydrogen) atoms. The topological polar surface area (TPSA) is 51.2 Å². The van der Waals surface area contributed by atoms with Crippen LogP contribution in [0.4, 0.5) is 0 Å². The Bertz CT molecular complexity index is 925. The van der Waals surface area contributed by atoms with Crippen molar-refractivity contribution in [2.24, 2.45) is 0 Å². The molecule has 5 heteroatoms. The van der Waals surface area contributed by atoms with Gasteiger partial charge in [-0.1, -0.05) is 36.9 Å². The Morgan fingerprint density at radius 2 is 1.89 bits per heavy atom. The first-order valence-corrected chi connectivity index (χ1v) is 10.0. The fourth-order valence-corrected chi connectivity index (χ4v) is 3.52. The van der Waals surface area contributed by atoms with E-state index in [0.29, 0.717) is 12.2 Å². The number of fused-ring (bicyclic) bond motifs is 1. The van der Waals surface area contributed by atoms with Gasteiger partial charge in [-0.3, -0.25) is 4.79 Å². The van der Waals surface area contributed by atoms with Gasteiger partial charge in [0.15, 0.2) is 0 Å². The van der Waals surface area contributed by atoms with Gasteiger partial charge in [-0.25, -0.2) is 4.98 Å². The summed E-state index contributed by atoms with van der Waals surface area (Å²) in [5, 5.41) is 4.73. The predicted molar refractivity (Wildman–Crippen MR) is 111 cm³/mol. The highest BCUT2D eigenvalue weighted by molar-refractivity contribution is 7.99. The lowest BCUT2D eigenvalue weighted by atomic mass is 10.1. The smallest absolute Gasteiger partial charge is 0.252 e. The van der Waals surface area contributed by atoms with Crippen molar-refractivity contribution in [2.75, 3.05) is 6.61 Å². The number of carbonyl (C=O) groups is 1. The number of hydrogen-bond donors (Lipinski definition) is 1. The minimum absolute atomic E-state index is 0.0588. The van der Waals surface area contributed by atoms with Crippen molar-refractivity contribution in [2.45, 2.75) is 43.2 Å². The van der Waals surface area contributed by atoms with E-state index in [2.05, 4.69) is 12.2 Å². The van der Waals surface area contributed by atoms with Gasteiger partial charge >= 0.3 is 0 Å². The van der Waals surface area contributed by atoms with E-state index in [4.69, 9.17) is 9.72 Å². The number of benzene rings is 2. The zero-order chi connectivity index (χ0) is 19.2. The average Bonchev–Trinajstić information content (AvgIpc) is 2.69. The van der Waals surface area contributed by atoms with Crippen LogP contribution in [-0.2, 0) is 0 Å². The molecule has 0 saturated heterocycles. The maximum Gasteiger partial charge on any atom is 0.252 e. The zero-order valence-electron chi connectivity index (χ0n) is 15.9. The number of ether oxygens (including phenoxy) is 1. The molecule has 140 valence electrons. The number of amides is 1. The first-order valence-electron chi connectivity index (χ1n) is 9.22. The first-order chi connectivity index (χ1) is 13.1. The van der Waals surface area contributed by atoms with E-state index in [1.165, 1.54) is 11.8 Å². The third-order valence-electron chi connectivity index (χ3n) is 4.28. The Kier molecular flexibility index (Phi) is 6.35. The van der Waals surface area contributed by atoms with Gasteiger partial charge in [0.1, 0.15) is 10.8 Å². The van der Waals surface area contributed by atoms with Crippen molar-refractivity contribution in [1.29, 1.82) is 0 Å². The van der Waals surface area contributed by atoms with Gasteiger partial charge < -0.3 is 10.1 Å². The van der Waals surface area contributed by atoms with E-state index >= 15 is 0 Å². The normalized spacial score (nSPS) is 12.0. The molecule has 0 bridgehead atoms. The summed E-state index contributed by atoms with van der Waals surface area (Å²) >= 11 is 1.54. The largest absolute Gasteiger partial charge is 0.494 e. The monoisotopic (exact) mass is 380 g/mol. The van der Waals surface area contributed by atoms with Gasteiger partial charge in [-0.2, -0.15) is 0 Å². The summed E-state index contributed by atoms with van der Waals surface area (Å²) in [4.78, 5) is 18.6. The number of nitrogens with zero attached hydrogens (tertiary/aromatic N) is 1. The lowest BCUT2D eigenvalue weighted by molar-refractivity contribution is 0.0940. The number of rotatable bonds is 7. The summed E-state index contributed by atoms with van der Waals surface area (Å²) in [5.74, 6) is 0.790. The van der Waals surface area contributed by atoms with Crippen molar-refractivity contribution in [3.63, 3.8) is 0 Å². The molecule has 4 nitrogen and oxygen atoms in total. The Morgan fingerprint density at radius 3 is 2.59 bits per heavy atom. The summed E-state index contributed by atoms with van der Waals surface area (Å²) in [5.41, 5.74) is 1.48. The molecule has 0 aliphatic heterocycles. The second kappa shape index (κ2) is 8.91. The van der Waals surface area contributed by atoms with E-state index in [-0.39, 0.29) is 11.9 Å². The van der Waals surface area contributed by atoms with Crippen LogP contribution in [0.1, 0.15) is 37.6 Å². The lowest BCUT2D eigenvalue weighted by Crippen LogP contribution is -2.32. The molecule has 1 N–H and O–H groups in total. The molecule has 1 aromatic heterocycles. The Labute approximate surface area is 164 Å². The molecule has 0 unspecified atom stereocenters. The first kappa shape index (κ1) is 19.2. The Hall–Kier alpha value is -2.53.